The Balaban J connectivity index is 2.96. The lowest BCUT2D eigenvalue weighted by molar-refractivity contribution is -0.138. The van der Waals surface area contributed by atoms with E-state index in [4.69, 9.17) is 33.0 Å². The molecule has 170 valence electrons. The number of ether oxygens (including phenoxy) is 1. The molecule has 9 heteroatoms. The lowest BCUT2D eigenvalue weighted by Crippen LogP contribution is -2.40. The smallest absolute Gasteiger partial charge is 0.303 e. The van der Waals surface area contributed by atoms with Gasteiger partial charge in [-0.1, -0.05) is 43.0 Å². The predicted octanol–water partition coefficient (Wildman–Crippen LogP) is 4.64. The SMILES string of the molecule is CCCCCN(CCCOC)C(=O)C(CCC(=O)O)CS(=O)c1ccc(Cl)c(Cl)c1. The van der Waals surface area contributed by atoms with E-state index >= 15 is 0 Å². The van der Waals surface area contributed by atoms with Gasteiger partial charge in [-0.15, -0.1) is 0 Å². The number of benzene rings is 1. The number of carbonyl (C=O) groups excluding carboxylic acids is 1. The highest BCUT2D eigenvalue weighted by atomic mass is 35.5. The highest BCUT2D eigenvalue weighted by molar-refractivity contribution is 7.85. The molecule has 0 bridgehead atoms. The summed E-state index contributed by atoms with van der Waals surface area (Å²) in [5, 5.41) is 9.74. The van der Waals surface area contributed by atoms with Crippen molar-refractivity contribution in [2.75, 3.05) is 32.6 Å². The van der Waals surface area contributed by atoms with Crippen molar-refractivity contribution in [1.82, 2.24) is 4.90 Å². The van der Waals surface area contributed by atoms with Gasteiger partial charge in [0.05, 0.1) is 26.8 Å². The predicted molar refractivity (Wildman–Crippen MR) is 121 cm³/mol. The highest BCUT2D eigenvalue weighted by Gasteiger charge is 2.27. The summed E-state index contributed by atoms with van der Waals surface area (Å²) in [4.78, 5) is 26.6. The molecule has 30 heavy (non-hydrogen) atoms. The zero-order chi connectivity index (χ0) is 22.5. The van der Waals surface area contributed by atoms with Crippen LogP contribution in [0.25, 0.3) is 0 Å². The fourth-order valence-corrected chi connectivity index (χ4v) is 4.72. The van der Waals surface area contributed by atoms with Gasteiger partial charge >= 0.3 is 5.97 Å². The minimum Gasteiger partial charge on any atom is -0.481 e. The second kappa shape index (κ2) is 14.8. The van der Waals surface area contributed by atoms with Crippen LogP contribution in [-0.4, -0.2) is 58.7 Å². The molecular formula is C21H31Cl2NO5S. The van der Waals surface area contributed by atoms with E-state index in [1.807, 2.05) is 0 Å². The first-order valence-corrected chi connectivity index (χ1v) is 12.2. The van der Waals surface area contributed by atoms with Crippen molar-refractivity contribution in [3.63, 3.8) is 0 Å². The number of carboxylic acid groups (broad SMARTS) is 1. The molecule has 0 saturated carbocycles. The summed E-state index contributed by atoms with van der Waals surface area (Å²) in [6.45, 7) is 3.75. The van der Waals surface area contributed by atoms with Crippen LogP contribution in [0.5, 0.6) is 0 Å². The standard InChI is InChI=1S/C21H31Cl2NO5S/c1-3-4-5-11-24(12-6-13-29-2)21(27)16(7-10-20(25)26)15-30(28)17-8-9-18(22)19(23)14-17/h8-9,14,16H,3-7,10-13,15H2,1-2H3,(H,25,26). The van der Waals surface area contributed by atoms with E-state index in [-0.39, 0.29) is 29.5 Å². The Morgan fingerprint density at radius 1 is 1.17 bits per heavy atom. The minimum absolute atomic E-state index is 0.0403. The van der Waals surface area contributed by atoms with Crippen LogP contribution in [0.15, 0.2) is 23.1 Å². The number of amides is 1. The topological polar surface area (TPSA) is 83.9 Å². The van der Waals surface area contributed by atoms with Gasteiger partial charge in [-0.05, 0) is 37.5 Å². The molecule has 0 spiro atoms. The Bertz CT molecular complexity index is 707. The van der Waals surface area contributed by atoms with Crippen molar-refractivity contribution in [2.45, 2.75) is 50.3 Å². The molecule has 2 unspecified atom stereocenters. The maximum absolute atomic E-state index is 13.2. The molecule has 0 aliphatic heterocycles. The number of hydrogen-bond acceptors (Lipinski definition) is 4. The van der Waals surface area contributed by atoms with Crippen LogP contribution in [0.2, 0.25) is 10.0 Å². The molecule has 1 aromatic rings. The van der Waals surface area contributed by atoms with Crippen molar-refractivity contribution in [3.8, 4) is 0 Å². The van der Waals surface area contributed by atoms with Gasteiger partial charge in [-0.3, -0.25) is 13.8 Å². The third kappa shape index (κ3) is 9.77. The van der Waals surface area contributed by atoms with E-state index in [0.717, 1.165) is 19.3 Å². The molecular weight excluding hydrogens is 449 g/mol. The second-order valence-electron chi connectivity index (χ2n) is 7.10. The summed E-state index contributed by atoms with van der Waals surface area (Å²) in [7, 11) is 0.104. The third-order valence-electron chi connectivity index (χ3n) is 4.68. The van der Waals surface area contributed by atoms with Crippen LogP contribution < -0.4 is 0 Å². The molecule has 1 amide bonds. The molecule has 6 nitrogen and oxygen atoms in total. The summed E-state index contributed by atoms with van der Waals surface area (Å²) >= 11 is 11.9. The van der Waals surface area contributed by atoms with Gasteiger partial charge in [0.15, 0.2) is 0 Å². The molecule has 0 saturated heterocycles. The number of carbonyl (C=O) groups is 2. The number of methoxy groups -OCH3 is 1. The fourth-order valence-electron chi connectivity index (χ4n) is 3.02. The van der Waals surface area contributed by atoms with Crippen LogP contribution in [0.1, 0.15) is 45.4 Å². The van der Waals surface area contributed by atoms with E-state index in [1.165, 1.54) is 6.07 Å². The summed E-state index contributed by atoms with van der Waals surface area (Å²) in [6.07, 6.45) is 3.57. The number of nitrogens with zero attached hydrogens (tertiary/aromatic N) is 1. The fraction of sp³-hybridized carbons (Fsp3) is 0.619. The van der Waals surface area contributed by atoms with Gasteiger partial charge in [-0.2, -0.15) is 0 Å². The molecule has 0 radical (unpaired) electrons. The Kier molecular flexibility index (Phi) is 13.3. The first-order valence-electron chi connectivity index (χ1n) is 10.1. The zero-order valence-electron chi connectivity index (χ0n) is 17.6. The van der Waals surface area contributed by atoms with Crippen molar-refractivity contribution < 1.29 is 23.6 Å². The second-order valence-corrected chi connectivity index (χ2v) is 9.41. The minimum atomic E-state index is -1.51. The Morgan fingerprint density at radius 2 is 1.87 bits per heavy atom. The van der Waals surface area contributed by atoms with Gasteiger partial charge in [0, 0.05) is 43.9 Å². The molecule has 0 aromatic heterocycles. The molecule has 1 rings (SSSR count). The highest BCUT2D eigenvalue weighted by Crippen LogP contribution is 2.25. The maximum Gasteiger partial charge on any atom is 0.303 e. The van der Waals surface area contributed by atoms with Crippen molar-refractivity contribution in [3.05, 3.63) is 28.2 Å². The lowest BCUT2D eigenvalue weighted by Gasteiger charge is -2.27. The van der Waals surface area contributed by atoms with E-state index in [0.29, 0.717) is 36.0 Å². The molecule has 0 heterocycles. The van der Waals surface area contributed by atoms with Gasteiger partial charge < -0.3 is 14.7 Å². The van der Waals surface area contributed by atoms with Gasteiger partial charge in [-0.25, -0.2) is 0 Å². The number of unbranched alkanes of at least 4 members (excludes halogenated alkanes) is 2. The largest absolute Gasteiger partial charge is 0.481 e. The maximum atomic E-state index is 13.2. The molecule has 0 aliphatic carbocycles. The van der Waals surface area contributed by atoms with E-state index in [1.54, 1.807) is 24.1 Å². The van der Waals surface area contributed by atoms with E-state index in [2.05, 4.69) is 6.92 Å². The zero-order valence-corrected chi connectivity index (χ0v) is 19.9. The van der Waals surface area contributed by atoms with E-state index < -0.39 is 22.7 Å². The van der Waals surface area contributed by atoms with Crippen LogP contribution >= 0.6 is 23.2 Å². The summed E-state index contributed by atoms with van der Waals surface area (Å²) in [6, 6.07) is 4.70. The van der Waals surface area contributed by atoms with Crippen LogP contribution in [0.4, 0.5) is 0 Å². The van der Waals surface area contributed by atoms with Gasteiger partial charge in [0.2, 0.25) is 5.91 Å². The summed E-state index contributed by atoms with van der Waals surface area (Å²) < 4.78 is 18.0. The molecule has 0 aliphatic rings. The van der Waals surface area contributed by atoms with E-state index in [9.17, 15) is 13.8 Å². The summed E-state index contributed by atoms with van der Waals surface area (Å²) in [5.74, 6) is -1.75. The molecule has 0 fully saturated rings. The van der Waals surface area contributed by atoms with Gasteiger partial charge in [0.1, 0.15) is 0 Å². The Labute approximate surface area is 191 Å². The first-order chi connectivity index (χ1) is 14.3. The Morgan fingerprint density at radius 3 is 2.47 bits per heavy atom. The number of carboxylic acids is 1. The molecule has 1 N–H and O–H groups in total. The number of halogens is 2. The van der Waals surface area contributed by atoms with Crippen LogP contribution in [0, 0.1) is 5.92 Å². The van der Waals surface area contributed by atoms with Crippen LogP contribution in [-0.2, 0) is 25.1 Å². The number of aliphatic carboxylic acids is 1. The third-order valence-corrected chi connectivity index (χ3v) is 6.91. The average molecular weight is 480 g/mol. The average Bonchev–Trinajstić information content (AvgIpc) is 2.71. The normalized spacial score (nSPS) is 13.1. The first kappa shape index (κ1) is 26.9. The van der Waals surface area contributed by atoms with Crippen molar-refractivity contribution in [2.24, 2.45) is 5.92 Å². The van der Waals surface area contributed by atoms with Crippen molar-refractivity contribution in [1.29, 1.82) is 0 Å². The number of hydrogen-bond donors (Lipinski definition) is 1. The van der Waals surface area contributed by atoms with Crippen LogP contribution in [0.3, 0.4) is 0 Å². The van der Waals surface area contributed by atoms with Crippen molar-refractivity contribution >= 4 is 45.9 Å². The molecule has 2 atom stereocenters. The monoisotopic (exact) mass is 479 g/mol. The molecule has 1 aromatic carbocycles. The quantitative estimate of drug-likeness (QED) is 0.370. The number of rotatable bonds is 15. The summed E-state index contributed by atoms with van der Waals surface area (Å²) in [5.41, 5.74) is 0. The Hall–Kier alpha value is -1.15. The van der Waals surface area contributed by atoms with Gasteiger partial charge in [0.25, 0.3) is 0 Å². The lowest BCUT2D eigenvalue weighted by atomic mass is 10.0.